The third-order valence-corrected chi connectivity index (χ3v) is 3.92. The Morgan fingerprint density at radius 2 is 1.42 bits per heavy atom. The highest BCUT2D eigenvalue weighted by atomic mass is 32.2. The van der Waals surface area contributed by atoms with Crippen molar-refractivity contribution in [2.24, 2.45) is 5.92 Å². The van der Waals surface area contributed by atoms with E-state index in [4.69, 9.17) is 0 Å². The van der Waals surface area contributed by atoms with Crippen molar-refractivity contribution in [1.82, 2.24) is 0 Å². The van der Waals surface area contributed by atoms with E-state index >= 15 is 0 Å². The molecule has 0 N–H and O–H groups in total. The average Bonchev–Trinajstić information content (AvgIpc) is 1.83. The minimum atomic E-state index is -5.13. The molecular formula is C6H11F3O2S. The third-order valence-electron chi connectivity index (χ3n) is 1.75. The topological polar surface area (TPSA) is 34.1 Å². The Labute approximate surface area is 69.7 Å². The van der Waals surface area contributed by atoms with Crippen molar-refractivity contribution < 1.29 is 21.6 Å². The normalized spacial score (nSPS) is 16.6. The lowest BCUT2D eigenvalue weighted by atomic mass is 10.2. The summed E-state index contributed by atoms with van der Waals surface area (Å²) < 4.78 is 56.9. The first-order valence-corrected chi connectivity index (χ1v) is 4.95. The molecule has 0 aromatic heterocycles. The Balaban J connectivity index is 4.89. The molecule has 0 aliphatic heterocycles. The lowest BCUT2D eigenvalue weighted by Gasteiger charge is -2.17. The van der Waals surface area contributed by atoms with Gasteiger partial charge in [0.25, 0.3) is 9.84 Å². The van der Waals surface area contributed by atoms with Gasteiger partial charge in [0, 0.05) is 0 Å². The van der Waals surface area contributed by atoms with E-state index in [0.717, 1.165) is 6.92 Å². The summed E-state index contributed by atoms with van der Waals surface area (Å²) in [6, 6.07) is 0. The minimum Gasteiger partial charge on any atom is -0.219 e. The second-order valence-corrected chi connectivity index (χ2v) is 5.24. The van der Waals surface area contributed by atoms with Crippen LogP contribution in [0, 0.1) is 5.92 Å². The number of sulfone groups is 1. The Bertz CT molecular complexity index is 240. The van der Waals surface area contributed by atoms with E-state index in [1.54, 1.807) is 0 Å². The first-order chi connectivity index (χ1) is 5.10. The van der Waals surface area contributed by atoms with Crippen molar-refractivity contribution in [3.63, 3.8) is 0 Å². The molecule has 0 fully saturated rings. The molecular weight excluding hydrogens is 193 g/mol. The van der Waals surface area contributed by atoms with Crippen LogP contribution in [-0.2, 0) is 9.84 Å². The summed E-state index contributed by atoms with van der Waals surface area (Å²) in [6.07, 6.45) is 0. The number of rotatable bonds is 2. The van der Waals surface area contributed by atoms with Crippen LogP contribution < -0.4 is 0 Å². The average molecular weight is 204 g/mol. The Morgan fingerprint density at radius 1 is 1.08 bits per heavy atom. The van der Waals surface area contributed by atoms with Gasteiger partial charge in [-0.25, -0.2) is 8.42 Å². The van der Waals surface area contributed by atoms with Crippen LogP contribution in [0.2, 0.25) is 0 Å². The van der Waals surface area contributed by atoms with E-state index in [0.29, 0.717) is 0 Å². The summed E-state index contributed by atoms with van der Waals surface area (Å²) in [7, 11) is -4.98. The highest BCUT2D eigenvalue weighted by molar-refractivity contribution is 7.92. The van der Waals surface area contributed by atoms with Gasteiger partial charge in [0.2, 0.25) is 0 Å². The summed E-state index contributed by atoms with van der Waals surface area (Å²) in [5, 5.41) is -1.38. The molecule has 0 unspecified atom stereocenters. The second-order valence-electron chi connectivity index (χ2n) is 2.94. The highest BCUT2D eigenvalue weighted by Crippen LogP contribution is 2.29. The van der Waals surface area contributed by atoms with E-state index < -0.39 is 26.5 Å². The molecule has 74 valence electrons. The molecule has 0 saturated carbocycles. The van der Waals surface area contributed by atoms with Gasteiger partial charge in [-0.3, -0.25) is 0 Å². The second kappa shape index (κ2) is 3.24. The lowest BCUT2D eigenvalue weighted by Crippen LogP contribution is -2.35. The maximum absolute atomic E-state index is 11.9. The van der Waals surface area contributed by atoms with Crippen molar-refractivity contribution >= 4 is 9.84 Å². The predicted octanol–water partition coefficient (Wildman–Crippen LogP) is 1.97. The summed E-state index contributed by atoms with van der Waals surface area (Å²) in [5.74, 6) is -0.531. The van der Waals surface area contributed by atoms with Crippen LogP contribution in [0.5, 0.6) is 0 Å². The van der Waals surface area contributed by atoms with Crippen LogP contribution in [0.15, 0.2) is 0 Å². The zero-order chi connectivity index (χ0) is 10.2. The molecule has 12 heavy (non-hydrogen) atoms. The van der Waals surface area contributed by atoms with Crippen molar-refractivity contribution in [2.45, 2.75) is 31.5 Å². The maximum atomic E-state index is 11.9. The van der Waals surface area contributed by atoms with Gasteiger partial charge in [-0.05, 0) is 12.8 Å². The molecule has 0 rings (SSSR count). The summed E-state index contributed by atoms with van der Waals surface area (Å²) in [4.78, 5) is 0. The molecule has 0 saturated heterocycles. The van der Waals surface area contributed by atoms with Crippen LogP contribution >= 0.6 is 0 Å². The molecule has 0 aliphatic rings. The molecule has 0 aromatic carbocycles. The monoisotopic (exact) mass is 204 g/mol. The first-order valence-electron chi connectivity index (χ1n) is 3.41. The van der Waals surface area contributed by atoms with E-state index in [1.165, 1.54) is 13.8 Å². The number of alkyl halides is 3. The molecule has 0 aromatic rings. The summed E-state index contributed by atoms with van der Waals surface area (Å²) >= 11 is 0. The number of halogens is 3. The van der Waals surface area contributed by atoms with Crippen LogP contribution in [0.1, 0.15) is 20.8 Å². The smallest absolute Gasteiger partial charge is 0.219 e. The quantitative estimate of drug-likeness (QED) is 0.689. The summed E-state index contributed by atoms with van der Waals surface area (Å²) in [6.45, 7) is 3.94. The van der Waals surface area contributed by atoms with Gasteiger partial charge in [0.1, 0.15) is 0 Å². The van der Waals surface area contributed by atoms with E-state index in [9.17, 15) is 21.6 Å². The van der Waals surface area contributed by atoms with Crippen LogP contribution in [-0.4, -0.2) is 19.2 Å². The van der Waals surface area contributed by atoms with Crippen LogP contribution in [0.4, 0.5) is 13.2 Å². The van der Waals surface area contributed by atoms with E-state index in [1.807, 2.05) is 0 Å². The molecule has 0 aliphatic carbocycles. The van der Waals surface area contributed by atoms with Crippen molar-refractivity contribution in [2.75, 3.05) is 0 Å². The number of hydrogen-bond donors (Lipinski definition) is 0. The maximum Gasteiger partial charge on any atom is 0.497 e. The molecule has 2 nitrogen and oxygen atoms in total. The van der Waals surface area contributed by atoms with Crippen molar-refractivity contribution in [1.29, 1.82) is 0 Å². The SMILES string of the molecule is CC(C)[C@H](C)S(=O)(=O)C(F)(F)F. The Morgan fingerprint density at radius 3 is 1.50 bits per heavy atom. The van der Waals surface area contributed by atoms with Crippen molar-refractivity contribution in [3.8, 4) is 0 Å². The van der Waals surface area contributed by atoms with Crippen LogP contribution in [0.3, 0.4) is 0 Å². The van der Waals surface area contributed by atoms with Gasteiger partial charge in [0.15, 0.2) is 0 Å². The van der Waals surface area contributed by atoms with Gasteiger partial charge in [0.05, 0.1) is 5.25 Å². The first kappa shape index (κ1) is 11.7. The van der Waals surface area contributed by atoms with Crippen molar-refractivity contribution in [3.05, 3.63) is 0 Å². The molecule has 6 heteroatoms. The fraction of sp³-hybridized carbons (Fsp3) is 1.00. The molecule has 0 bridgehead atoms. The fourth-order valence-corrected chi connectivity index (χ4v) is 1.71. The molecule has 0 amide bonds. The van der Waals surface area contributed by atoms with Gasteiger partial charge in [-0.15, -0.1) is 0 Å². The Hall–Kier alpha value is -0.260. The fourth-order valence-electron chi connectivity index (χ4n) is 0.569. The van der Waals surface area contributed by atoms with Gasteiger partial charge in [-0.2, -0.15) is 13.2 Å². The third kappa shape index (κ3) is 2.12. The largest absolute Gasteiger partial charge is 0.497 e. The Kier molecular flexibility index (Phi) is 3.17. The molecule has 0 spiro atoms. The van der Waals surface area contributed by atoms with E-state index in [-0.39, 0.29) is 0 Å². The predicted molar refractivity (Wildman–Crippen MR) is 39.3 cm³/mol. The number of hydrogen-bond acceptors (Lipinski definition) is 2. The zero-order valence-electron chi connectivity index (χ0n) is 7.01. The highest BCUT2D eigenvalue weighted by Gasteiger charge is 2.49. The standard InChI is InChI=1S/C6H11F3O2S/c1-4(2)5(3)12(10,11)6(7,8)9/h4-5H,1-3H3/t5-/m0/s1. The minimum absolute atomic E-state index is 0.531. The van der Waals surface area contributed by atoms with Crippen LogP contribution in [0.25, 0.3) is 0 Å². The van der Waals surface area contributed by atoms with E-state index in [2.05, 4.69) is 0 Å². The molecule has 0 heterocycles. The van der Waals surface area contributed by atoms with Gasteiger partial charge in [-0.1, -0.05) is 13.8 Å². The summed E-state index contributed by atoms with van der Waals surface area (Å²) in [5.41, 5.74) is -5.13. The van der Waals surface area contributed by atoms with Gasteiger partial charge >= 0.3 is 5.51 Å². The van der Waals surface area contributed by atoms with Gasteiger partial charge < -0.3 is 0 Å². The zero-order valence-corrected chi connectivity index (χ0v) is 7.83. The molecule has 1 atom stereocenters. The lowest BCUT2D eigenvalue weighted by molar-refractivity contribution is -0.0447. The molecule has 0 radical (unpaired) electrons.